The molecule has 1 aliphatic heterocycles. The summed E-state index contributed by atoms with van der Waals surface area (Å²) in [6, 6.07) is 8.69. The van der Waals surface area contributed by atoms with Gasteiger partial charge in [0.1, 0.15) is 12.0 Å². The Morgan fingerprint density at radius 2 is 1.96 bits per heavy atom. The third-order valence-corrected chi connectivity index (χ3v) is 4.64. The van der Waals surface area contributed by atoms with Gasteiger partial charge in [-0.15, -0.1) is 0 Å². The van der Waals surface area contributed by atoms with Crippen molar-refractivity contribution in [3.05, 3.63) is 64.4 Å². The first-order valence-corrected chi connectivity index (χ1v) is 8.83. The molecule has 0 aliphatic carbocycles. The highest BCUT2D eigenvalue weighted by Crippen LogP contribution is 2.29. The van der Waals surface area contributed by atoms with Crippen molar-refractivity contribution in [1.29, 1.82) is 0 Å². The van der Waals surface area contributed by atoms with Gasteiger partial charge < -0.3 is 14.7 Å². The number of carbonyl (C=O) groups is 1. The summed E-state index contributed by atoms with van der Waals surface area (Å²) in [7, 11) is 0. The van der Waals surface area contributed by atoms with Crippen molar-refractivity contribution in [1.82, 2.24) is 20.7 Å². The topological polar surface area (TPSA) is 104 Å². The second kappa shape index (κ2) is 7.45. The molecule has 0 atom stereocenters. The van der Waals surface area contributed by atoms with Crippen molar-refractivity contribution in [2.75, 3.05) is 18.0 Å². The summed E-state index contributed by atoms with van der Waals surface area (Å²) in [6.07, 6.45) is 5.37. The first-order valence-electron chi connectivity index (χ1n) is 8.83. The lowest BCUT2D eigenvalue weighted by atomic mass is 10.0. The number of hydrogen-bond acceptors (Lipinski definition) is 6. The highest BCUT2D eigenvalue weighted by Gasteiger charge is 2.19. The zero-order valence-electron chi connectivity index (χ0n) is 14.6. The number of nitrogens with one attached hydrogen (secondary N) is 2. The lowest BCUT2D eigenvalue weighted by Crippen LogP contribution is -2.24. The number of rotatable bonds is 5. The summed E-state index contributed by atoms with van der Waals surface area (Å²) < 4.78 is 4.74. The van der Waals surface area contributed by atoms with Crippen LogP contribution in [0.5, 0.6) is 0 Å². The minimum absolute atomic E-state index is 0.215. The van der Waals surface area contributed by atoms with E-state index < -0.39 is 0 Å². The van der Waals surface area contributed by atoms with Crippen LogP contribution in [0.3, 0.4) is 0 Å². The molecule has 1 amide bonds. The standard InChI is InChI=1S/C19H19N5O3/c25-18(20-11-15-7-10-27-23-15)14-5-3-13(4-6-14)17-16(12-21-22-19(17)26)24-8-1-2-9-24/h3-7,10,12H,1-2,8-9,11H2,(H,20,25)(H,22,26). The Hall–Kier alpha value is -3.42. The molecule has 8 nitrogen and oxygen atoms in total. The summed E-state index contributed by atoms with van der Waals surface area (Å²) in [5.41, 5.74) is 3.10. The molecule has 2 aromatic heterocycles. The Kier molecular flexibility index (Phi) is 4.69. The second-order valence-corrected chi connectivity index (χ2v) is 6.40. The van der Waals surface area contributed by atoms with Crippen molar-refractivity contribution in [3.63, 3.8) is 0 Å². The molecule has 27 heavy (non-hydrogen) atoms. The third-order valence-electron chi connectivity index (χ3n) is 4.64. The summed E-state index contributed by atoms with van der Waals surface area (Å²) in [5.74, 6) is -0.215. The van der Waals surface area contributed by atoms with Crippen LogP contribution in [0.15, 0.2) is 52.1 Å². The number of H-pyrrole nitrogens is 1. The van der Waals surface area contributed by atoms with Crippen molar-refractivity contribution in [2.45, 2.75) is 19.4 Å². The van der Waals surface area contributed by atoms with E-state index in [0.29, 0.717) is 23.4 Å². The minimum atomic E-state index is -0.234. The van der Waals surface area contributed by atoms with E-state index in [1.807, 2.05) is 0 Å². The van der Waals surface area contributed by atoms with Gasteiger partial charge in [-0.1, -0.05) is 17.3 Å². The minimum Gasteiger partial charge on any atom is -0.370 e. The number of benzene rings is 1. The Morgan fingerprint density at radius 3 is 2.67 bits per heavy atom. The van der Waals surface area contributed by atoms with Crippen LogP contribution < -0.4 is 15.8 Å². The van der Waals surface area contributed by atoms with E-state index in [0.717, 1.165) is 37.2 Å². The van der Waals surface area contributed by atoms with E-state index in [1.165, 1.54) is 6.26 Å². The number of hydrogen-bond donors (Lipinski definition) is 2. The average molecular weight is 365 g/mol. The molecule has 0 bridgehead atoms. The fraction of sp³-hybridized carbons (Fsp3) is 0.263. The number of nitrogens with zero attached hydrogens (tertiary/aromatic N) is 3. The fourth-order valence-corrected chi connectivity index (χ4v) is 3.26. The number of amides is 1. The van der Waals surface area contributed by atoms with E-state index in [-0.39, 0.29) is 11.5 Å². The molecular formula is C19H19N5O3. The van der Waals surface area contributed by atoms with Crippen LogP contribution in [0.1, 0.15) is 28.9 Å². The number of anilines is 1. The molecule has 0 unspecified atom stereocenters. The highest BCUT2D eigenvalue weighted by atomic mass is 16.5. The molecule has 1 aliphatic rings. The zero-order valence-corrected chi connectivity index (χ0v) is 14.6. The van der Waals surface area contributed by atoms with Crippen LogP contribution in [0.4, 0.5) is 5.69 Å². The third kappa shape index (κ3) is 3.59. The normalized spacial score (nSPS) is 13.7. The van der Waals surface area contributed by atoms with E-state index in [2.05, 4.69) is 25.6 Å². The van der Waals surface area contributed by atoms with Crippen LogP contribution in [0.2, 0.25) is 0 Å². The highest BCUT2D eigenvalue weighted by molar-refractivity contribution is 5.94. The molecular weight excluding hydrogens is 346 g/mol. The van der Waals surface area contributed by atoms with Crippen LogP contribution in [0, 0.1) is 0 Å². The van der Waals surface area contributed by atoms with Gasteiger partial charge in [-0.2, -0.15) is 5.10 Å². The fourth-order valence-electron chi connectivity index (χ4n) is 3.26. The lowest BCUT2D eigenvalue weighted by Gasteiger charge is -2.20. The molecule has 2 N–H and O–H groups in total. The monoisotopic (exact) mass is 365 g/mol. The van der Waals surface area contributed by atoms with E-state index in [4.69, 9.17) is 4.52 Å². The first-order chi connectivity index (χ1) is 13.2. The maximum atomic E-state index is 12.4. The summed E-state index contributed by atoms with van der Waals surface area (Å²) in [4.78, 5) is 26.9. The van der Waals surface area contributed by atoms with Gasteiger partial charge in [0.15, 0.2) is 0 Å². The van der Waals surface area contributed by atoms with Crippen molar-refractivity contribution in [2.24, 2.45) is 0 Å². The molecule has 3 aromatic rings. The van der Waals surface area contributed by atoms with Gasteiger partial charge in [0.25, 0.3) is 11.5 Å². The second-order valence-electron chi connectivity index (χ2n) is 6.40. The Labute approximate surface area is 155 Å². The molecule has 1 aromatic carbocycles. The van der Waals surface area contributed by atoms with Crippen LogP contribution in [-0.2, 0) is 6.54 Å². The molecule has 0 radical (unpaired) electrons. The molecule has 4 rings (SSSR count). The maximum absolute atomic E-state index is 12.4. The van der Waals surface area contributed by atoms with Gasteiger partial charge in [-0.05, 0) is 30.5 Å². The van der Waals surface area contributed by atoms with Crippen LogP contribution in [-0.4, -0.2) is 34.4 Å². The molecule has 1 saturated heterocycles. The van der Waals surface area contributed by atoms with Gasteiger partial charge in [-0.25, -0.2) is 5.10 Å². The maximum Gasteiger partial charge on any atom is 0.274 e. The quantitative estimate of drug-likeness (QED) is 0.716. The summed E-state index contributed by atoms with van der Waals surface area (Å²) >= 11 is 0. The van der Waals surface area contributed by atoms with Crippen molar-refractivity contribution >= 4 is 11.6 Å². The van der Waals surface area contributed by atoms with Crippen LogP contribution in [0.25, 0.3) is 11.1 Å². The van der Waals surface area contributed by atoms with E-state index in [9.17, 15) is 9.59 Å². The number of aromatic nitrogens is 3. The lowest BCUT2D eigenvalue weighted by molar-refractivity contribution is 0.0950. The molecule has 0 spiro atoms. The largest absolute Gasteiger partial charge is 0.370 e. The molecule has 3 heterocycles. The van der Waals surface area contributed by atoms with Gasteiger partial charge in [-0.3, -0.25) is 9.59 Å². The van der Waals surface area contributed by atoms with Crippen LogP contribution >= 0.6 is 0 Å². The zero-order chi connectivity index (χ0) is 18.6. The summed E-state index contributed by atoms with van der Waals surface area (Å²) in [6.45, 7) is 2.13. The van der Waals surface area contributed by atoms with Gasteiger partial charge >= 0.3 is 0 Å². The van der Waals surface area contributed by atoms with Crippen molar-refractivity contribution < 1.29 is 9.32 Å². The predicted octanol–water partition coefficient (Wildman–Crippen LogP) is 1.96. The Bertz CT molecular complexity index is 973. The van der Waals surface area contributed by atoms with E-state index in [1.54, 1.807) is 36.5 Å². The number of aromatic amines is 1. The Morgan fingerprint density at radius 1 is 1.19 bits per heavy atom. The number of carbonyl (C=O) groups excluding carboxylic acids is 1. The first kappa shape index (κ1) is 17.0. The Balaban J connectivity index is 1.55. The summed E-state index contributed by atoms with van der Waals surface area (Å²) in [5, 5.41) is 13.0. The van der Waals surface area contributed by atoms with E-state index >= 15 is 0 Å². The molecule has 138 valence electrons. The van der Waals surface area contributed by atoms with Crippen molar-refractivity contribution in [3.8, 4) is 11.1 Å². The average Bonchev–Trinajstić information content (AvgIpc) is 3.40. The molecule has 1 fully saturated rings. The van der Waals surface area contributed by atoms with Gasteiger partial charge in [0.05, 0.1) is 24.0 Å². The predicted molar refractivity (Wildman–Crippen MR) is 99.4 cm³/mol. The van der Waals surface area contributed by atoms with Gasteiger partial charge in [0.2, 0.25) is 0 Å². The van der Waals surface area contributed by atoms with Gasteiger partial charge in [0, 0.05) is 24.7 Å². The molecule has 8 heteroatoms. The molecule has 0 saturated carbocycles. The SMILES string of the molecule is O=C(NCc1ccon1)c1ccc(-c2c(N3CCCC3)cn[nH]c2=O)cc1. The smallest absolute Gasteiger partial charge is 0.274 e.